The first-order valence-electron chi connectivity index (χ1n) is 4.25. The van der Waals surface area contributed by atoms with E-state index in [1.807, 2.05) is 0 Å². The van der Waals surface area contributed by atoms with Gasteiger partial charge in [0.15, 0.2) is 0 Å². The highest BCUT2D eigenvalue weighted by atomic mass is 32.2. The van der Waals surface area contributed by atoms with Crippen LogP contribution in [0.4, 0.5) is 8.78 Å². The molecule has 1 fully saturated rings. The molecule has 1 atom stereocenters. The molecule has 1 aliphatic heterocycles. The van der Waals surface area contributed by atoms with Crippen LogP contribution < -0.4 is 5.32 Å². The first-order valence-corrected chi connectivity index (χ1v) is 5.46. The minimum Gasteiger partial charge on any atom is -0.314 e. The van der Waals surface area contributed by atoms with Crippen LogP contribution in [0.25, 0.3) is 0 Å². The van der Waals surface area contributed by atoms with E-state index >= 15 is 0 Å². The van der Waals surface area contributed by atoms with Crippen LogP contribution in [-0.4, -0.2) is 22.5 Å². The van der Waals surface area contributed by atoms with Gasteiger partial charge in [0.25, 0.3) is 0 Å². The summed E-state index contributed by atoms with van der Waals surface area (Å²) in [5, 5.41) is 2.91. The Bertz CT molecular complexity index is 379. The van der Waals surface area contributed by atoms with E-state index in [1.165, 1.54) is 6.07 Å². The molecule has 0 amide bonds. The van der Waals surface area contributed by atoms with Gasteiger partial charge in [-0.25, -0.2) is 8.78 Å². The van der Waals surface area contributed by atoms with Crippen LogP contribution in [0.3, 0.4) is 0 Å². The van der Waals surface area contributed by atoms with Crippen LogP contribution in [0, 0.1) is 11.6 Å². The molecule has 2 rings (SSSR count). The molecule has 1 aliphatic rings. The molecule has 2 nitrogen and oxygen atoms in total. The van der Waals surface area contributed by atoms with E-state index in [1.54, 1.807) is 0 Å². The molecular weight excluding hydrogens is 208 g/mol. The molecule has 5 heteroatoms. The summed E-state index contributed by atoms with van der Waals surface area (Å²) in [6.45, 7) is 1.26. The smallest absolute Gasteiger partial charge is 0.142 e. The number of nitrogens with one attached hydrogen (secondary N) is 1. The fraction of sp³-hybridized carbons (Fsp3) is 0.333. The molecule has 0 saturated carbocycles. The molecule has 1 N–H and O–H groups in total. The van der Waals surface area contributed by atoms with Crippen molar-refractivity contribution in [2.45, 2.75) is 10.1 Å². The molecule has 0 spiro atoms. The summed E-state index contributed by atoms with van der Waals surface area (Å²) in [4.78, 5) is 0.0953. The van der Waals surface area contributed by atoms with Crippen LogP contribution >= 0.6 is 0 Å². The SMILES string of the molecule is O=S(c1ccc(F)cc1F)C1CNC1. The largest absolute Gasteiger partial charge is 0.314 e. The van der Waals surface area contributed by atoms with Crippen molar-refractivity contribution in [3.8, 4) is 0 Å². The lowest BCUT2D eigenvalue weighted by atomic mass is 10.3. The zero-order chi connectivity index (χ0) is 10.1. The average Bonchev–Trinajstić information content (AvgIpc) is 2.00. The van der Waals surface area contributed by atoms with Gasteiger partial charge in [0, 0.05) is 19.2 Å². The zero-order valence-electron chi connectivity index (χ0n) is 7.30. The Morgan fingerprint density at radius 2 is 2.07 bits per heavy atom. The highest BCUT2D eigenvalue weighted by Gasteiger charge is 2.26. The first kappa shape index (κ1) is 9.73. The maximum atomic E-state index is 13.2. The fourth-order valence-electron chi connectivity index (χ4n) is 1.23. The van der Waals surface area contributed by atoms with E-state index in [2.05, 4.69) is 5.32 Å². The molecule has 0 aromatic heterocycles. The summed E-state index contributed by atoms with van der Waals surface area (Å²) in [5.41, 5.74) is 0. The Balaban J connectivity index is 2.26. The molecule has 1 saturated heterocycles. The van der Waals surface area contributed by atoms with E-state index in [9.17, 15) is 13.0 Å². The summed E-state index contributed by atoms with van der Waals surface area (Å²) in [7, 11) is -1.37. The van der Waals surface area contributed by atoms with Crippen molar-refractivity contribution >= 4 is 10.8 Å². The highest BCUT2D eigenvalue weighted by Crippen LogP contribution is 2.18. The molecular formula is C9H9F2NOS. The summed E-state index contributed by atoms with van der Waals surface area (Å²) < 4.78 is 37.4. The molecule has 0 aliphatic carbocycles. The lowest BCUT2D eigenvalue weighted by molar-refractivity contribution is 0.519. The lowest BCUT2D eigenvalue weighted by Crippen LogP contribution is -2.49. The van der Waals surface area contributed by atoms with Gasteiger partial charge in [0.05, 0.1) is 20.9 Å². The monoisotopic (exact) mass is 217 g/mol. The fourth-order valence-corrected chi connectivity index (χ4v) is 2.58. The minimum atomic E-state index is -1.37. The summed E-state index contributed by atoms with van der Waals surface area (Å²) in [6, 6.07) is 3.14. The third-order valence-corrected chi connectivity index (χ3v) is 3.86. The Morgan fingerprint density at radius 3 is 2.57 bits per heavy atom. The van der Waals surface area contributed by atoms with Gasteiger partial charge in [0.1, 0.15) is 11.6 Å². The summed E-state index contributed by atoms with van der Waals surface area (Å²) in [6.07, 6.45) is 0. The van der Waals surface area contributed by atoms with Crippen LogP contribution in [-0.2, 0) is 10.8 Å². The molecule has 76 valence electrons. The Kier molecular flexibility index (Phi) is 2.60. The van der Waals surface area contributed by atoms with Gasteiger partial charge in [0.2, 0.25) is 0 Å². The van der Waals surface area contributed by atoms with Crippen molar-refractivity contribution < 1.29 is 13.0 Å². The number of benzene rings is 1. The minimum absolute atomic E-state index is 0.0463. The van der Waals surface area contributed by atoms with Crippen LogP contribution in [0.1, 0.15) is 0 Å². The molecule has 14 heavy (non-hydrogen) atoms. The van der Waals surface area contributed by atoms with Crippen molar-refractivity contribution in [3.05, 3.63) is 29.8 Å². The molecule has 1 aromatic carbocycles. The third kappa shape index (κ3) is 1.69. The van der Waals surface area contributed by atoms with Crippen LogP contribution in [0.15, 0.2) is 23.1 Å². The topological polar surface area (TPSA) is 29.1 Å². The van der Waals surface area contributed by atoms with E-state index in [-0.39, 0.29) is 10.1 Å². The quantitative estimate of drug-likeness (QED) is 0.802. The standard InChI is InChI=1S/C9H9F2NOS/c10-6-1-2-9(8(11)3-6)14(13)7-4-12-5-7/h1-3,7,12H,4-5H2. The van der Waals surface area contributed by atoms with Crippen LogP contribution in [0.5, 0.6) is 0 Å². The second-order valence-corrected chi connectivity index (χ2v) is 4.85. The molecule has 1 heterocycles. The molecule has 1 aromatic rings. The zero-order valence-corrected chi connectivity index (χ0v) is 8.11. The number of rotatable bonds is 2. The molecule has 0 radical (unpaired) electrons. The van der Waals surface area contributed by atoms with Gasteiger partial charge in [-0.2, -0.15) is 0 Å². The molecule has 0 bridgehead atoms. The van der Waals surface area contributed by atoms with Crippen molar-refractivity contribution in [3.63, 3.8) is 0 Å². The van der Waals surface area contributed by atoms with Crippen molar-refractivity contribution in [2.24, 2.45) is 0 Å². The van der Waals surface area contributed by atoms with Crippen LogP contribution in [0.2, 0.25) is 0 Å². The van der Waals surface area contributed by atoms with Crippen molar-refractivity contribution in [1.82, 2.24) is 5.32 Å². The second-order valence-electron chi connectivity index (χ2n) is 3.15. The predicted octanol–water partition coefficient (Wildman–Crippen LogP) is 1.04. The normalized spacial score (nSPS) is 19.0. The third-order valence-electron chi connectivity index (χ3n) is 2.16. The Morgan fingerprint density at radius 1 is 1.36 bits per heavy atom. The summed E-state index contributed by atoms with van der Waals surface area (Å²) in [5.74, 6) is -1.37. The van der Waals surface area contributed by atoms with Gasteiger partial charge in [-0.15, -0.1) is 0 Å². The number of halogens is 2. The van der Waals surface area contributed by atoms with E-state index < -0.39 is 22.4 Å². The highest BCUT2D eigenvalue weighted by molar-refractivity contribution is 7.85. The Hall–Kier alpha value is -0.810. The Labute approximate surface area is 82.8 Å². The maximum Gasteiger partial charge on any atom is 0.142 e. The van der Waals surface area contributed by atoms with E-state index in [0.29, 0.717) is 13.1 Å². The first-order chi connectivity index (χ1) is 6.68. The number of hydrogen-bond acceptors (Lipinski definition) is 2. The van der Waals surface area contributed by atoms with Crippen molar-refractivity contribution in [2.75, 3.05) is 13.1 Å². The second kappa shape index (κ2) is 3.74. The van der Waals surface area contributed by atoms with E-state index in [4.69, 9.17) is 0 Å². The van der Waals surface area contributed by atoms with Gasteiger partial charge in [-0.1, -0.05) is 0 Å². The van der Waals surface area contributed by atoms with Gasteiger partial charge < -0.3 is 5.32 Å². The lowest BCUT2D eigenvalue weighted by Gasteiger charge is -2.26. The number of hydrogen-bond donors (Lipinski definition) is 1. The van der Waals surface area contributed by atoms with E-state index in [0.717, 1.165) is 12.1 Å². The predicted molar refractivity (Wildman–Crippen MR) is 49.4 cm³/mol. The van der Waals surface area contributed by atoms with Gasteiger partial charge >= 0.3 is 0 Å². The van der Waals surface area contributed by atoms with Gasteiger partial charge in [-0.3, -0.25) is 4.21 Å². The maximum absolute atomic E-state index is 13.2. The van der Waals surface area contributed by atoms with Crippen molar-refractivity contribution in [1.29, 1.82) is 0 Å². The summed E-state index contributed by atoms with van der Waals surface area (Å²) >= 11 is 0. The molecule has 1 unspecified atom stereocenters. The van der Waals surface area contributed by atoms with Gasteiger partial charge in [-0.05, 0) is 12.1 Å². The average molecular weight is 217 g/mol.